The molecule has 2 unspecified atom stereocenters. The number of nitrogens with zero attached hydrogens (tertiary/aromatic N) is 6. The van der Waals surface area contributed by atoms with E-state index in [1.807, 2.05) is 23.7 Å². The number of carbonyl (C=O) groups is 1. The highest BCUT2D eigenvalue weighted by atomic mass is 19.1. The van der Waals surface area contributed by atoms with Crippen LogP contribution in [-0.4, -0.2) is 70.8 Å². The summed E-state index contributed by atoms with van der Waals surface area (Å²) in [5.41, 5.74) is 2.48. The molecule has 0 spiro atoms. The molecule has 11 heteroatoms. The Hall–Kier alpha value is -3.50. The number of imidazole rings is 1. The second-order valence-corrected chi connectivity index (χ2v) is 9.02. The minimum absolute atomic E-state index is 0.0717. The second-order valence-electron chi connectivity index (χ2n) is 9.02. The summed E-state index contributed by atoms with van der Waals surface area (Å²) in [4.78, 5) is 27.0. The number of hydrogen-bond acceptors (Lipinski definition) is 8. The van der Waals surface area contributed by atoms with Crippen molar-refractivity contribution in [1.29, 1.82) is 0 Å². The lowest BCUT2D eigenvalue weighted by Gasteiger charge is -2.19. The molecule has 2 aromatic heterocycles. The fourth-order valence-corrected chi connectivity index (χ4v) is 4.70. The molecule has 1 amide bonds. The number of methoxy groups -OCH3 is 1. The zero-order valence-electron chi connectivity index (χ0n) is 19.6. The fourth-order valence-electron chi connectivity index (χ4n) is 4.70. The van der Waals surface area contributed by atoms with Gasteiger partial charge in [-0.2, -0.15) is 4.98 Å². The number of fused-ring (bicyclic) bond motifs is 2. The van der Waals surface area contributed by atoms with E-state index < -0.39 is 18.1 Å². The Morgan fingerprint density at radius 3 is 2.82 bits per heavy atom. The van der Waals surface area contributed by atoms with E-state index in [0.29, 0.717) is 34.9 Å². The smallest absolute Gasteiger partial charge is 0.245 e. The number of carbonyl (C=O) groups excluding carboxylic acids is 1. The van der Waals surface area contributed by atoms with Gasteiger partial charge in [0.15, 0.2) is 11.5 Å². The first kappa shape index (κ1) is 22.3. The van der Waals surface area contributed by atoms with Gasteiger partial charge in [0.05, 0.1) is 37.3 Å². The Bertz CT molecular complexity index is 1200. The van der Waals surface area contributed by atoms with Crippen LogP contribution in [0.5, 0.6) is 0 Å². The molecule has 2 aliphatic carbocycles. The van der Waals surface area contributed by atoms with Crippen molar-refractivity contribution in [3.63, 3.8) is 0 Å². The number of rotatable bonds is 8. The lowest BCUT2D eigenvalue weighted by atomic mass is 10.1. The van der Waals surface area contributed by atoms with Gasteiger partial charge in [-0.25, -0.2) is 13.9 Å². The highest BCUT2D eigenvalue weighted by Crippen LogP contribution is 2.75. The van der Waals surface area contributed by atoms with Crippen molar-refractivity contribution < 1.29 is 13.9 Å². The SMILES string of the molecule is C=CC(=O)NC1CN(c2nc(N/C(=C/CC)C(=NC)OC)c3ncc(C45CC4C5)n3n2)CC1F. The summed E-state index contributed by atoms with van der Waals surface area (Å²) in [5, 5.41) is 10.7. The van der Waals surface area contributed by atoms with E-state index in [4.69, 9.17) is 14.8 Å². The summed E-state index contributed by atoms with van der Waals surface area (Å²) < 4.78 is 22.0. The zero-order valence-corrected chi connectivity index (χ0v) is 19.6. The van der Waals surface area contributed by atoms with Crippen LogP contribution in [0, 0.1) is 5.92 Å². The van der Waals surface area contributed by atoms with Gasteiger partial charge in [0.25, 0.3) is 0 Å². The third-order valence-corrected chi connectivity index (χ3v) is 6.88. The molecule has 3 fully saturated rings. The van der Waals surface area contributed by atoms with E-state index in [9.17, 15) is 9.18 Å². The van der Waals surface area contributed by atoms with E-state index in [1.54, 1.807) is 19.1 Å². The molecule has 180 valence electrons. The van der Waals surface area contributed by atoms with Crippen LogP contribution >= 0.6 is 0 Å². The molecule has 2 atom stereocenters. The highest BCUT2D eigenvalue weighted by molar-refractivity contribution is 5.97. The van der Waals surface area contributed by atoms with Crippen LogP contribution in [0.15, 0.2) is 35.6 Å². The van der Waals surface area contributed by atoms with Gasteiger partial charge in [-0.3, -0.25) is 9.79 Å². The van der Waals surface area contributed by atoms with Gasteiger partial charge in [-0.1, -0.05) is 19.6 Å². The number of alkyl halides is 1. The number of hydrogen-bond donors (Lipinski definition) is 2. The van der Waals surface area contributed by atoms with Crippen LogP contribution in [0.1, 0.15) is 31.9 Å². The van der Waals surface area contributed by atoms with Crippen LogP contribution in [0.2, 0.25) is 0 Å². The number of aromatic nitrogens is 4. The summed E-state index contributed by atoms with van der Waals surface area (Å²) in [6, 6.07) is -0.666. The minimum atomic E-state index is -1.25. The number of halogens is 1. The van der Waals surface area contributed by atoms with Crippen molar-refractivity contribution in [3.8, 4) is 0 Å². The average molecular weight is 469 g/mol. The molecule has 34 heavy (non-hydrogen) atoms. The number of anilines is 2. The number of ether oxygens (including phenoxy) is 1. The van der Waals surface area contributed by atoms with Crippen molar-refractivity contribution in [2.24, 2.45) is 10.9 Å². The predicted molar refractivity (Wildman–Crippen MR) is 127 cm³/mol. The molecule has 10 nitrogen and oxygen atoms in total. The van der Waals surface area contributed by atoms with Gasteiger partial charge in [-0.15, -0.1) is 5.10 Å². The maximum absolute atomic E-state index is 14.7. The molecule has 0 aromatic carbocycles. The lowest BCUT2D eigenvalue weighted by Crippen LogP contribution is -2.40. The Morgan fingerprint density at radius 2 is 2.21 bits per heavy atom. The summed E-state index contributed by atoms with van der Waals surface area (Å²) in [5.74, 6) is 1.58. The molecule has 0 radical (unpaired) electrons. The Balaban J connectivity index is 1.53. The van der Waals surface area contributed by atoms with Gasteiger partial charge >= 0.3 is 0 Å². The first-order valence-corrected chi connectivity index (χ1v) is 11.5. The number of amides is 1. The number of allylic oxidation sites excluding steroid dienone is 1. The summed E-state index contributed by atoms with van der Waals surface area (Å²) in [7, 11) is 3.21. The van der Waals surface area contributed by atoms with E-state index in [-0.39, 0.29) is 18.5 Å². The molecule has 0 bridgehead atoms. The van der Waals surface area contributed by atoms with Crippen molar-refractivity contribution in [1.82, 2.24) is 24.9 Å². The topological polar surface area (TPSA) is 109 Å². The first-order chi connectivity index (χ1) is 16.4. The van der Waals surface area contributed by atoms with Gasteiger partial charge in [-0.05, 0) is 31.3 Å². The molecule has 1 aliphatic heterocycles. The fraction of sp³-hybridized carbons (Fsp3) is 0.522. The lowest BCUT2D eigenvalue weighted by molar-refractivity contribution is -0.117. The largest absolute Gasteiger partial charge is 0.480 e. The maximum Gasteiger partial charge on any atom is 0.245 e. The number of aliphatic imine (C=N–C) groups is 1. The van der Waals surface area contributed by atoms with Gasteiger partial charge in [0.1, 0.15) is 6.17 Å². The van der Waals surface area contributed by atoms with E-state index in [0.717, 1.165) is 31.0 Å². The summed E-state index contributed by atoms with van der Waals surface area (Å²) in [6.07, 6.45) is 6.76. The highest BCUT2D eigenvalue weighted by Gasteiger charge is 2.72. The third kappa shape index (κ3) is 3.68. The molecular formula is C23H29FN8O2. The van der Waals surface area contributed by atoms with E-state index >= 15 is 0 Å². The van der Waals surface area contributed by atoms with Crippen LogP contribution in [0.4, 0.5) is 16.2 Å². The van der Waals surface area contributed by atoms with Crippen molar-refractivity contribution in [2.45, 2.75) is 43.8 Å². The van der Waals surface area contributed by atoms with Gasteiger partial charge < -0.3 is 20.3 Å². The van der Waals surface area contributed by atoms with Crippen LogP contribution < -0.4 is 15.5 Å². The zero-order chi connectivity index (χ0) is 24.0. The average Bonchev–Trinajstić information content (AvgIpc) is 3.59. The second kappa shape index (κ2) is 8.37. The van der Waals surface area contributed by atoms with Crippen LogP contribution in [0.3, 0.4) is 0 Å². The van der Waals surface area contributed by atoms with Crippen molar-refractivity contribution in [3.05, 3.63) is 36.3 Å². The van der Waals surface area contributed by atoms with Crippen LogP contribution in [-0.2, 0) is 14.9 Å². The molecule has 2 aromatic rings. The van der Waals surface area contributed by atoms with E-state index in [2.05, 4.69) is 27.2 Å². The monoisotopic (exact) mass is 468 g/mol. The molecule has 3 heterocycles. The molecule has 2 N–H and O–H groups in total. The Kier molecular flexibility index (Phi) is 5.49. The first-order valence-electron chi connectivity index (χ1n) is 11.5. The van der Waals surface area contributed by atoms with Crippen LogP contribution in [0.25, 0.3) is 5.65 Å². The van der Waals surface area contributed by atoms with E-state index in [1.165, 1.54) is 0 Å². The predicted octanol–water partition coefficient (Wildman–Crippen LogP) is 2.00. The molecule has 3 aliphatic rings. The molecule has 5 rings (SSSR count). The summed E-state index contributed by atoms with van der Waals surface area (Å²) in [6.45, 7) is 5.78. The van der Waals surface area contributed by atoms with Gasteiger partial charge in [0.2, 0.25) is 17.8 Å². The van der Waals surface area contributed by atoms with Gasteiger partial charge in [0, 0.05) is 19.0 Å². The Morgan fingerprint density at radius 1 is 1.44 bits per heavy atom. The normalized spacial score (nSPS) is 28.0. The maximum atomic E-state index is 14.7. The Labute approximate surface area is 197 Å². The molecular weight excluding hydrogens is 439 g/mol. The molecule has 1 saturated heterocycles. The minimum Gasteiger partial charge on any atom is -0.480 e. The van der Waals surface area contributed by atoms with Crippen molar-refractivity contribution in [2.75, 3.05) is 37.5 Å². The third-order valence-electron chi connectivity index (χ3n) is 6.88. The number of nitrogens with one attached hydrogen (secondary N) is 2. The van der Waals surface area contributed by atoms with Crippen molar-refractivity contribution >= 4 is 29.2 Å². The standard InChI is InChI=1S/C23H29FN8O2/c1-5-7-15(21(25-3)34-4)28-19-20-26-10-17(23-8-13(23)9-23)32(20)30-22(29-19)31-11-14(24)16(12-31)27-18(33)6-2/h6-7,10,13-14,16H,2,5,8-9,11-12H2,1,3-4H3,(H,27,33)(H,28,29,30)/b15-7+,25-21?. The molecule has 2 saturated carbocycles. The quantitative estimate of drug-likeness (QED) is 0.346. The summed E-state index contributed by atoms with van der Waals surface area (Å²) >= 11 is 0.